The van der Waals surface area contributed by atoms with Crippen molar-refractivity contribution >= 4 is 5.97 Å². The molecule has 21 heavy (non-hydrogen) atoms. The highest BCUT2D eigenvalue weighted by atomic mass is 16.5. The summed E-state index contributed by atoms with van der Waals surface area (Å²) < 4.78 is 10.4. The van der Waals surface area contributed by atoms with Crippen molar-refractivity contribution < 1.29 is 14.3 Å². The average Bonchev–Trinajstić information content (AvgIpc) is 3.03. The van der Waals surface area contributed by atoms with Crippen LogP contribution in [0.15, 0.2) is 30.3 Å². The van der Waals surface area contributed by atoms with E-state index < -0.39 is 0 Å². The lowest BCUT2D eigenvalue weighted by Crippen LogP contribution is -2.35. The van der Waals surface area contributed by atoms with E-state index in [1.54, 1.807) is 0 Å². The molecule has 1 aliphatic heterocycles. The molecule has 0 N–H and O–H groups in total. The van der Waals surface area contributed by atoms with Crippen molar-refractivity contribution in [1.29, 1.82) is 0 Å². The van der Waals surface area contributed by atoms with Crippen LogP contribution in [0.25, 0.3) is 0 Å². The molecule has 1 heterocycles. The Hall–Kier alpha value is -1.39. The Bertz CT molecular complexity index is 415. The van der Waals surface area contributed by atoms with Crippen LogP contribution < -0.4 is 0 Å². The normalized spacial score (nSPS) is 18.1. The van der Waals surface area contributed by atoms with Crippen molar-refractivity contribution in [2.45, 2.75) is 31.8 Å². The van der Waals surface area contributed by atoms with Crippen LogP contribution in [-0.4, -0.2) is 50.3 Å². The van der Waals surface area contributed by atoms with Crippen molar-refractivity contribution in [2.75, 3.05) is 33.4 Å². The quantitative estimate of drug-likeness (QED) is 0.689. The van der Waals surface area contributed by atoms with E-state index >= 15 is 0 Å². The van der Waals surface area contributed by atoms with Gasteiger partial charge in [-0.15, -0.1) is 0 Å². The number of rotatable bonds is 8. The number of ether oxygens (including phenoxy) is 2. The summed E-state index contributed by atoms with van der Waals surface area (Å²) in [5.41, 5.74) is 1.33. The summed E-state index contributed by atoms with van der Waals surface area (Å²) in [6.45, 7) is 3.46. The monoisotopic (exact) mass is 291 g/mol. The first-order valence-electron chi connectivity index (χ1n) is 7.72. The van der Waals surface area contributed by atoms with Crippen LogP contribution in [0.5, 0.6) is 0 Å². The first-order valence-corrected chi connectivity index (χ1v) is 7.72. The fourth-order valence-corrected chi connectivity index (χ4v) is 2.65. The van der Waals surface area contributed by atoms with E-state index in [9.17, 15) is 4.79 Å². The number of carbonyl (C=O) groups is 1. The van der Waals surface area contributed by atoms with Crippen molar-refractivity contribution in [2.24, 2.45) is 0 Å². The van der Waals surface area contributed by atoms with E-state index in [2.05, 4.69) is 29.2 Å². The number of carbonyl (C=O) groups excluding carboxylic acids is 1. The zero-order valence-electron chi connectivity index (χ0n) is 12.8. The number of benzene rings is 1. The molecule has 1 unspecified atom stereocenters. The summed E-state index contributed by atoms with van der Waals surface area (Å²) in [7, 11) is 1.44. The summed E-state index contributed by atoms with van der Waals surface area (Å²) in [6.07, 6.45) is 4.03. The van der Waals surface area contributed by atoms with Crippen molar-refractivity contribution in [3.63, 3.8) is 0 Å². The van der Waals surface area contributed by atoms with E-state index in [4.69, 9.17) is 9.47 Å². The Morgan fingerprint density at radius 2 is 2.14 bits per heavy atom. The van der Waals surface area contributed by atoms with Gasteiger partial charge in [-0.3, -0.25) is 9.69 Å². The van der Waals surface area contributed by atoms with Gasteiger partial charge in [0, 0.05) is 26.2 Å². The second-order valence-corrected chi connectivity index (χ2v) is 5.50. The predicted molar refractivity (Wildman–Crippen MR) is 82.2 cm³/mol. The van der Waals surface area contributed by atoms with Crippen LogP contribution in [-0.2, 0) is 20.7 Å². The maximum Gasteiger partial charge on any atom is 0.306 e. The van der Waals surface area contributed by atoms with Crippen molar-refractivity contribution in [3.8, 4) is 0 Å². The van der Waals surface area contributed by atoms with Crippen LogP contribution in [0, 0.1) is 0 Å². The first kappa shape index (κ1) is 16.0. The largest absolute Gasteiger partial charge is 0.469 e. The van der Waals surface area contributed by atoms with Gasteiger partial charge in [0.25, 0.3) is 0 Å². The minimum Gasteiger partial charge on any atom is -0.469 e. The van der Waals surface area contributed by atoms with Crippen LogP contribution in [0.3, 0.4) is 0 Å². The Kier molecular flexibility index (Phi) is 6.70. The molecule has 0 radical (unpaired) electrons. The van der Waals surface area contributed by atoms with E-state index in [1.165, 1.54) is 12.7 Å². The topological polar surface area (TPSA) is 38.8 Å². The third-order valence-corrected chi connectivity index (χ3v) is 3.91. The molecule has 1 fully saturated rings. The molecule has 0 bridgehead atoms. The van der Waals surface area contributed by atoms with Gasteiger partial charge in [-0.05, 0) is 24.8 Å². The fourth-order valence-electron chi connectivity index (χ4n) is 2.65. The molecular weight excluding hydrogens is 266 g/mol. The minimum absolute atomic E-state index is 0.146. The lowest BCUT2D eigenvalue weighted by molar-refractivity contribution is -0.141. The molecule has 1 aromatic rings. The van der Waals surface area contributed by atoms with Crippen LogP contribution in [0.4, 0.5) is 0 Å². The Morgan fingerprint density at radius 3 is 2.81 bits per heavy atom. The Balaban J connectivity index is 1.82. The zero-order valence-corrected chi connectivity index (χ0v) is 12.8. The van der Waals surface area contributed by atoms with Gasteiger partial charge in [0.2, 0.25) is 0 Å². The molecule has 116 valence electrons. The van der Waals surface area contributed by atoms with Gasteiger partial charge >= 0.3 is 5.97 Å². The highest BCUT2D eigenvalue weighted by Crippen LogP contribution is 2.14. The molecule has 4 heteroatoms. The first-order chi connectivity index (χ1) is 10.3. The van der Waals surface area contributed by atoms with Gasteiger partial charge in [-0.2, -0.15) is 0 Å². The minimum atomic E-state index is -0.146. The van der Waals surface area contributed by atoms with E-state index in [0.717, 1.165) is 45.5 Å². The number of esters is 1. The van der Waals surface area contributed by atoms with Crippen LogP contribution in [0.2, 0.25) is 0 Å². The summed E-state index contributed by atoms with van der Waals surface area (Å²) >= 11 is 0. The zero-order chi connectivity index (χ0) is 14.9. The Morgan fingerprint density at radius 1 is 1.33 bits per heavy atom. The van der Waals surface area contributed by atoms with Crippen molar-refractivity contribution in [1.82, 2.24) is 4.90 Å². The molecule has 0 aliphatic carbocycles. The second kappa shape index (κ2) is 8.80. The summed E-state index contributed by atoms with van der Waals surface area (Å²) in [5.74, 6) is -0.146. The van der Waals surface area contributed by atoms with Gasteiger partial charge in [0.15, 0.2) is 0 Å². The van der Waals surface area contributed by atoms with E-state index in [1.807, 2.05) is 6.07 Å². The third kappa shape index (κ3) is 5.86. The lowest BCUT2D eigenvalue weighted by atomic mass is 10.1. The molecule has 0 aromatic heterocycles. The van der Waals surface area contributed by atoms with Gasteiger partial charge in [-0.1, -0.05) is 30.3 Å². The summed E-state index contributed by atoms with van der Waals surface area (Å²) in [6, 6.07) is 10.4. The predicted octanol–water partition coefficient (Wildman–Crippen LogP) is 2.27. The average molecular weight is 291 g/mol. The standard InChI is InChI=1S/C17H25NO3/c1-20-17(19)10-12-18(14-16-8-5-13-21-16)11-9-15-6-3-2-4-7-15/h2-4,6-7,16H,5,8-14H2,1H3. The molecule has 0 saturated carbocycles. The molecule has 1 saturated heterocycles. The van der Waals surface area contributed by atoms with Crippen LogP contribution in [0.1, 0.15) is 24.8 Å². The van der Waals surface area contributed by atoms with Gasteiger partial charge in [0.1, 0.15) is 0 Å². The van der Waals surface area contributed by atoms with E-state index in [-0.39, 0.29) is 5.97 Å². The number of nitrogens with zero attached hydrogens (tertiary/aromatic N) is 1. The summed E-state index contributed by atoms with van der Waals surface area (Å²) in [5, 5.41) is 0. The molecule has 2 rings (SSSR count). The van der Waals surface area contributed by atoms with Gasteiger partial charge < -0.3 is 9.47 Å². The molecule has 4 nitrogen and oxygen atoms in total. The highest BCUT2D eigenvalue weighted by molar-refractivity contribution is 5.69. The second-order valence-electron chi connectivity index (χ2n) is 5.50. The third-order valence-electron chi connectivity index (χ3n) is 3.91. The number of hydrogen-bond acceptors (Lipinski definition) is 4. The smallest absolute Gasteiger partial charge is 0.306 e. The Labute approximate surface area is 127 Å². The molecule has 1 aliphatic rings. The van der Waals surface area contributed by atoms with Crippen molar-refractivity contribution in [3.05, 3.63) is 35.9 Å². The maximum atomic E-state index is 11.3. The molecule has 1 aromatic carbocycles. The molecule has 1 atom stereocenters. The fraction of sp³-hybridized carbons (Fsp3) is 0.588. The lowest BCUT2D eigenvalue weighted by Gasteiger charge is -2.24. The van der Waals surface area contributed by atoms with Gasteiger partial charge in [0.05, 0.1) is 19.6 Å². The maximum absolute atomic E-state index is 11.3. The molecule has 0 spiro atoms. The molecule has 0 amide bonds. The number of hydrogen-bond donors (Lipinski definition) is 0. The molecular formula is C17H25NO3. The highest BCUT2D eigenvalue weighted by Gasteiger charge is 2.19. The van der Waals surface area contributed by atoms with Gasteiger partial charge in [-0.25, -0.2) is 0 Å². The van der Waals surface area contributed by atoms with E-state index in [0.29, 0.717) is 12.5 Å². The number of methoxy groups -OCH3 is 1. The summed E-state index contributed by atoms with van der Waals surface area (Å²) in [4.78, 5) is 13.7. The SMILES string of the molecule is COC(=O)CCN(CCc1ccccc1)CC1CCCO1. The van der Waals surface area contributed by atoms with Crippen LogP contribution >= 0.6 is 0 Å².